The zero-order valence-corrected chi connectivity index (χ0v) is 9.85. The van der Waals surface area contributed by atoms with Crippen LogP contribution in [0, 0.1) is 0 Å². The van der Waals surface area contributed by atoms with E-state index in [9.17, 15) is 4.79 Å². The Morgan fingerprint density at radius 2 is 2.12 bits per heavy atom. The number of urea groups is 1. The molecule has 1 unspecified atom stereocenters. The first-order valence-corrected chi connectivity index (χ1v) is 5.56. The second kappa shape index (κ2) is 7.65. The van der Waals surface area contributed by atoms with Crippen molar-refractivity contribution in [1.29, 1.82) is 0 Å². The number of hydrogen-bond donors (Lipinski definition) is 3. The molecule has 1 atom stereocenters. The third-order valence-corrected chi connectivity index (χ3v) is 2.09. The van der Waals surface area contributed by atoms with Crippen LogP contribution in [-0.4, -0.2) is 23.8 Å². The van der Waals surface area contributed by atoms with Gasteiger partial charge in [0.2, 0.25) is 0 Å². The number of aliphatic hydroxyl groups is 1. The first kappa shape index (κ1) is 13.5. The molecule has 94 valence electrons. The van der Waals surface area contributed by atoms with Crippen LogP contribution in [0.4, 0.5) is 4.79 Å². The highest BCUT2D eigenvalue weighted by atomic mass is 16.7. The highest BCUT2D eigenvalue weighted by Gasteiger charge is 2.01. The Bertz CT molecular complexity index is 328. The quantitative estimate of drug-likeness (QED) is 0.652. The lowest BCUT2D eigenvalue weighted by molar-refractivity contribution is 0.0488. The van der Waals surface area contributed by atoms with Crippen molar-refractivity contribution in [1.82, 2.24) is 10.8 Å². The number of amides is 2. The Hall–Kier alpha value is -1.59. The van der Waals surface area contributed by atoms with Crippen molar-refractivity contribution in [3.63, 3.8) is 0 Å². The maximum atomic E-state index is 11.2. The maximum absolute atomic E-state index is 11.2. The molecule has 0 heterocycles. The molecule has 0 aliphatic heterocycles. The number of carbonyl (C=O) groups excluding carboxylic acids is 1. The molecule has 0 saturated heterocycles. The highest BCUT2D eigenvalue weighted by Crippen LogP contribution is 1.98. The van der Waals surface area contributed by atoms with Crippen LogP contribution in [0.15, 0.2) is 30.3 Å². The summed E-state index contributed by atoms with van der Waals surface area (Å²) in [4.78, 5) is 16.2. The topological polar surface area (TPSA) is 70.6 Å². The molecule has 0 aromatic heterocycles. The summed E-state index contributed by atoms with van der Waals surface area (Å²) in [5.41, 5.74) is 3.26. The number of hydrogen-bond acceptors (Lipinski definition) is 3. The van der Waals surface area contributed by atoms with Gasteiger partial charge in [0, 0.05) is 6.54 Å². The molecule has 0 bridgehead atoms. The maximum Gasteiger partial charge on any atom is 0.338 e. The number of rotatable bonds is 6. The van der Waals surface area contributed by atoms with Crippen LogP contribution < -0.4 is 10.8 Å². The lowest BCUT2D eigenvalue weighted by Crippen LogP contribution is -2.36. The van der Waals surface area contributed by atoms with Gasteiger partial charge in [-0.2, -0.15) is 0 Å². The first-order chi connectivity index (χ1) is 8.18. The van der Waals surface area contributed by atoms with E-state index in [1.807, 2.05) is 30.3 Å². The Balaban J connectivity index is 2.08. The van der Waals surface area contributed by atoms with E-state index in [2.05, 4.69) is 10.8 Å². The number of hydroxylamine groups is 1. The third-order valence-electron chi connectivity index (χ3n) is 2.09. The van der Waals surface area contributed by atoms with Gasteiger partial charge in [-0.15, -0.1) is 0 Å². The van der Waals surface area contributed by atoms with E-state index in [4.69, 9.17) is 9.94 Å². The lowest BCUT2D eigenvalue weighted by Gasteiger charge is -2.08. The van der Waals surface area contributed by atoms with Crippen molar-refractivity contribution < 1.29 is 14.7 Å². The molecule has 1 aromatic rings. The molecule has 17 heavy (non-hydrogen) atoms. The minimum atomic E-state index is -0.416. The molecule has 3 N–H and O–H groups in total. The van der Waals surface area contributed by atoms with Gasteiger partial charge < -0.3 is 10.4 Å². The summed E-state index contributed by atoms with van der Waals surface area (Å²) in [6, 6.07) is 9.14. The van der Waals surface area contributed by atoms with Gasteiger partial charge >= 0.3 is 6.03 Å². The van der Waals surface area contributed by atoms with Gasteiger partial charge in [-0.1, -0.05) is 30.3 Å². The van der Waals surface area contributed by atoms with Gasteiger partial charge in [-0.05, 0) is 18.9 Å². The standard InChI is InChI=1S/C12H18N2O3/c1-10(15)7-8-13-12(16)14-17-9-11-5-3-2-4-6-11/h2-6,10,15H,7-9H2,1H3,(H2,13,14,16). The molecule has 1 aromatic carbocycles. The molecule has 1 rings (SSSR count). The van der Waals surface area contributed by atoms with Crippen LogP contribution in [-0.2, 0) is 11.4 Å². The molecule has 2 amide bonds. The van der Waals surface area contributed by atoms with E-state index in [0.29, 0.717) is 19.6 Å². The molecule has 0 spiro atoms. The summed E-state index contributed by atoms with van der Waals surface area (Å²) in [7, 11) is 0. The van der Waals surface area contributed by atoms with E-state index in [0.717, 1.165) is 5.56 Å². The third kappa shape index (κ3) is 6.55. The van der Waals surface area contributed by atoms with Crippen molar-refractivity contribution in [2.45, 2.75) is 26.1 Å². The molecule has 5 heteroatoms. The zero-order valence-electron chi connectivity index (χ0n) is 9.85. The van der Waals surface area contributed by atoms with Gasteiger partial charge in [0.15, 0.2) is 0 Å². The van der Waals surface area contributed by atoms with Crippen molar-refractivity contribution >= 4 is 6.03 Å². The van der Waals surface area contributed by atoms with Crippen LogP contribution in [0.3, 0.4) is 0 Å². The number of carbonyl (C=O) groups is 1. The van der Waals surface area contributed by atoms with E-state index in [1.165, 1.54) is 0 Å². The van der Waals surface area contributed by atoms with Gasteiger partial charge in [-0.3, -0.25) is 4.84 Å². The van der Waals surface area contributed by atoms with Crippen LogP contribution in [0.1, 0.15) is 18.9 Å². The molecule has 0 aliphatic rings. The Kier molecular flexibility index (Phi) is 6.06. The lowest BCUT2D eigenvalue weighted by atomic mass is 10.2. The monoisotopic (exact) mass is 238 g/mol. The smallest absolute Gasteiger partial charge is 0.338 e. The van der Waals surface area contributed by atoms with Gasteiger partial charge in [0.1, 0.15) is 0 Å². The molecule has 0 radical (unpaired) electrons. The highest BCUT2D eigenvalue weighted by molar-refractivity contribution is 5.72. The minimum Gasteiger partial charge on any atom is -0.393 e. The summed E-state index contributed by atoms with van der Waals surface area (Å²) in [6.07, 6.45) is 0.104. The van der Waals surface area contributed by atoms with Crippen LogP contribution in [0.5, 0.6) is 0 Å². The summed E-state index contributed by atoms with van der Waals surface area (Å²) in [5, 5.41) is 11.6. The fourth-order valence-corrected chi connectivity index (χ4v) is 1.19. The summed E-state index contributed by atoms with van der Waals surface area (Å²) < 4.78 is 0. The number of nitrogens with one attached hydrogen (secondary N) is 2. The van der Waals surface area contributed by atoms with Crippen LogP contribution in [0.2, 0.25) is 0 Å². The molecular formula is C12H18N2O3. The predicted octanol–water partition coefficient (Wildman–Crippen LogP) is 1.19. The predicted molar refractivity (Wildman–Crippen MR) is 64.1 cm³/mol. The fourth-order valence-electron chi connectivity index (χ4n) is 1.19. The van der Waals surface area contributed by atoms with E-state index < -0.39 is 12.1 Å². The van der Waals surface area contributed by atoms with Gasteiger partial charge in [0.05, 0.1) is 12.7 Å². The van der Waals surface area contributed by atoms with Gasteiger partial charge in [0.25, 0.3) is 0 Å². The Morgan fingerprint density at radius 1 is 1.41 bits per heavy atom. The minimum absolute atomic E-state index is 0.324. The molecule has 5 nitrogen and oxygen atoms in total. The van der Waals surface area contributed by atoms with E-state index in [-0.39, 0.29) is 0 Å². The van der Waals surface area contributed by atoms with E-state index in [1.54, 1.807) is 6.92 Å². The van der Waals surface area contributed by atoms with Crippen molar-refractivity contribution in [3.8, 4) is 0 Å². The molecule has 0 saturated carbocycles. The fraction of sp³-hybridized carbons (Fsp3) is 0.417. The summed E-state index contributed by atoms with van der Waals surface area (Å²) in [5.74, 6) is 0. The average molecular weight is 238 g/mol. The number of benzene rings is 1. The van der Waals surface area contributed by atoms with Crippen LogP contribution >= 0.6 is 0 Å². The first-order valence-electron chi connectivity index (χ1n) is 5.56. The number of aliphatic hydroxyl groups excluding tert-OH is 1. The van der Waals surface area contributed by atoms with Crippen molar-refractivity contribution in [2.24, 2.45) is 0 Å². The summed E-state index contributed by atoms with van der Waals surface area (Å²) in [6.45, 7) is 2.41. The summed E-state index contributed by atoms with van der Waals surface area (Å²) >= 11 is 0. The Labute approximate surface area is 101 Å². The second-order valence-corrected chi connectivity index (χ2v) is 3.77. The average Bonchev–Trinajstić information content (AvgIpc) is 2.30. The van der Waals surface area contributed by atoms with Gasteiger partial charge in [-0.25, -0.2) is 10.3 Å². The SMILES string of the molecule is CC(O)CCNC(=O)NOCc1ccccc1. The van der Waals surface area contributed by atoms with Crippen molar-refractivity contribution in [3.05, 3.63) is 35.9 Å². The second-order valence-electron chi connectivity index (χ2n) is 3.77. The Morgan fingerprint density at radius 3 is 2.76 bits per heavy atom. The normalized spacial score (nSPS) is 11.9. The molecular weight excluding hydrogens is 220 g/mol. The van der Waals surface area contributed by atoms with E-state index >= 15 is 0 Å². The molecule has 0 aliphatic carbocycles. The zero-order chi connectivity index (χ0) is 12.5. The van der Waals surface area contributed by atoms with Crippen molar-refractivity contribution in [2.75, 3.05) is 6.54 Å². The molecule has 0 fully saturated rings. The largest absolute Gasteiger partial charge is 0.393 e. The van der Waals surface area contributed by atoms with Crippen LogP contribution in [0.25, 0.3) is 0 Å².